The average Bonchev–Trinajstić information content (AvgIpc) is 3.45. The Hall–Kier alpha value is -2.84. The van der Waals surface area contributed by atoms with Gasteiger partial charge in [-0.2, -0.15) is 4.31 Å². The molecule has 7 nitrogen and oxygen atoms in total. The number of amides is 1. The molecule has 156 valence electrons. The number of benzene rings is 2. The molecule has 2 aromatic carbocycles. The molecule has 0 spiro atoms. The molecule has 0 radical (unpaired) electrons. The van der Waals surface area contributed by atoms with E-state index in [1.165, 1.54) is 16.4 Å². The summed E-state index contributed by atoms with van der Waals surface area (Å²) in [6.07, 6.45) is 2.45. The van der Waals surface area contributed by atoms with Gasteiger partial charge in [0.1, 0.15) is 0 Å². The van der Waals surface area contributed by atoms with Crippen molar-refractivity contribution in [2.24, 2.45) is 0 Å². The summed E-state index contributed by atoms with van der Waals surface area (Å²) in [6.45, 7) is 5.92. The van der Waals surface area contributed by atoms with Crippen LogP contribution in [0.1, 0.15) is 34.3 Å². The third kappa shape index (κ3) is 3.07. The van der Waals surface area contributed by atoms with Gasteiger partial charge in [0.05, 0.1) is 4.90 Å². The second-order valence-electron chi connectivity index (χ2n) is 7.65. The molecule has 1 fully saturated rings. The molecule has 0 atom stereocenters. The Labute approximate surface area is 175 Å². The van der Waals surface area contributed by atoms with Crippen LogP contribution < -0.4 is 9.47 Å². The summed E-state index contributed by atoms with van der Waals surface area (Å²) in [5.74, 6) is 1.17. The van der Waals surface area contributed by atoms with Crippen molar-refractivity contribution in [1.82, 2.24) is 9.21 Å². The van der Waals surface area contributed by atoms with E-state index in [4.69, 9.17) is 9.47 Å². The number of hydrogen-bond donors (Lipinski definition) is 0. The molecule has 8 heteroatoms. The van der Waals surface area contributed by atoms with E-state index in [-0.39, 0.29) is 17.6 Å². The van der Waals surface area contributed by atoms with Gasteiger partial charge in [-0.3, -0.25) is 4.79 Å². The van der Waals surface area contributed by atoms with E-state index in [0.717, 1.165) is 29.7 Å². The lowest BCUT2D eigenvalue weighted by atomic mass is 9.95. The van der Waals surface area contributed by atoms with Gasteiger partial charge < -0.3 is 14.4 Å². The summed E-state index contributed by atoms with van der Waals surface area (Å²) in [7, 11) is -3.50. The number of ether oxygens (including phenoxy) is 2. The van der Waals surface area contributed by atoms with Crippen LogP contribution in [0.15, 0.2) is 47.9 Å². The molecular formula is C22H22N2O5S. The predicted molar refractivity (Wildman–Crippen MR) is 111 cm³/mol. The average molecular weight is 426 g/mol. The molecule has 0 unspecified atom stereocenters. The predicted octanol–water partition coefficient (Wildman–Crippen LogP) is 2.87. The van der Waals surface area contributed by atoms with Gasteiger partial charge in [0.15, 0.2) is 11.5 Å². The first-order valence-corrected chi connectivity index (χ1v) is 11.4. The molecule has 0 saturated carbocycles. The van der Waals surface area contributed by atoms with Crippen molar-refractivity contribution >= 4 is 21.6 Å². The molecule has 1 saturated heterocycles. The van der Waals surface area contributed by atoms with Gasteiger partial charge in [-0.05, 0) is 61.2 Å². The number of nitrogens with zero attached hydrogens (tertiary/aromatic N) is 2. The van der Waals surface area contributed by atoms with E-state index < -0.39 is 10.0 Å². The van der Waals surface area contributed by atoms with E-state index in [2.05, 4.69) is 6.58 Å². The molecule has 3 heterocycles. The summed E-state index contributed by atoms with van der Waals surface area (Å²) in [4.78, 5) is 15.0. The Morgan fingerprint density at radius 2 is 1.63 bits per heavy atom. The van der Waals surface area contributed by atoms with Crippen molar-refractivity contribution in [3.8, 4) is 11.5 Å². The molecule has 0 N–H and O–H groups in total. The summed E-state index contributed by atoms with van der Waals surface area (Å²) in [6, 6.07) is 9.99. The van der Waals surface area contributed by atoms with Crippen molar-refractivity contribution in [2.45, 2.75) is 24.2 Å². The standard InChI is InChI=1S/C22H22N2O5S/c1-15-19-13-21-20(28-14-29-21)12-17(19)8-11-24(15)22(25)16-4-6-18(7-5-16)30(26,27)23-9-2-3-10-23/h4-7,12-13H,1-3,8-11,14H2. The number of hydrogen-bond acceptors (Lipinski definition) is 5. The zero-order valence-electron chi connectivity index (χ0n) is 16.5. The quantitative estimate of drug-likeness (QED) is 0.754. The largest absolute Gasteiger partial charge is 0.454 e. The Bertz CT molecular complexity index is 1130. The van der Waals surface area contributed by atoms with Gasteiger partial charge in [-0.15, -0.1) is 0 Å². The van der Waals surface area contributed by atoms with Gasteiger partial charge >= 0.3 is 0 Å². The second kappa shape index (κ2) is 7.14. The van der Waals surface area contributed by atoms with Crippen LogP contribution in [0.4, 0.5) is 0 Å². The molecule has 0 aromatic heterocycles. The van der Waals surface area contributed by atoms with Gasteiger partial charge in [0, 0.05) is 36.5 Å². The third-order valence-corrected chi connectivity index (χ3v) is 7.80. The lowest BCUT2D eigenvalue weighted by Crippen LogP contribution is -2.34. The van der Waals surface area contributed by atoms with Crippen LogP contribution in [0.3, 0.4) is 0 Å². The third-order valence-electron chi connectivity index (χ3n) is 5.89. The summed E-state index contributed by atoms with van der Waals surface area (Å²) in [5.41, 5.74) is 2.97. The second-order valence-corrected chi connectivity index (χ2v) is 9.59. The molecule has 2 aromatic rings. The SMILES string of the molecule is C=C1c2cc3c(cc2CCN1C(=O)c1ccc(S(=O)(=O)N2CCCC2)cc1)OCO3. The summed E-state index contributed by atoms with van der Waals surface area (Å²) >= 11 is 0. The van der Waals surface area contributed by atoms with Gasteiger partial charge in [0.2, 0.25) is 16.8 Å². The lowest BCUT2D eigenvalue weighted by molar-refractivity contribution is 0.0833. The van der Waals surface area contributed by atoms with Crippen molar-refractivity contribution in [1.29, 1.82) is 0 Å². The van der Waals surface area contributed by atoms with Crippen LogP contribution in [-0.4, -0.2) is 50.0 Å². The minimum Gasteiger partial charge on any atom is -0.454 e. The highest BCUT2D eigenvalue weighted by atomic mass is 32.2. The molecule has 1 amide bonds. The highest BCUT2D eigenvalue weighted by Gasteiger charge is 2.30. The van der Waals surface area contributed by atoms with Gasteiger partial charge in [-0.1, -0.05) is 6.58 Å². The topological polar surface area (TPSA) is 76.2 Å². The fourth-order valence-corrected chi connectivity index (χ4v) is 5.72. The Morgan fingerprint density at radius 1 is 0.967 bits per heavy atom. The normalized spacial score (nSPS) is 18.5. The zero-order valence-corrected chi connectivity index (χ0v) is 17.3. The number of rotatable bonds is 3. The van der Waals surface area contributed by atoms with E-state index in [9.17, 15) is 13.2 Å². The van der Waals surface area contributed by atoms with Crippen LogP contribution >= 0.6 is 0 Å². The Morgan fingerprint density at radius 3 is 2.33 bits per heavy atom. The van der Waals surface area contributed by atoms with Crippen LogP contribution in [0, 0.1) is 0 Å². The summed E-state index contributed by atoms with van der Waals surface area (Å²) < 4.78 is 37.8. The fraction of sp³-hybridized carbons (Fsp3) is 0.318. The number of fused-ring (bicyclic) bond motifs is 2. The molecule has 0 bridgehead atoms. The van der Waals surface area contributed by atoms with Crippen LogP contribution in [-0.2, 0) is 16.4 Å². The maximum Gasteiger partial charge on any atom is 0.258 e. The molecule has 5 rings (SSSR count). The molecular weight excluding hydrogens is 404 g/mol. The monoisotopic (exact) mass is 426 g/mol. The smallest absolute Gasteiger partial charge is 0.258 e. The Kier molecular flexibility index (Phi) is 4.56. The number of carbonyl (C=O) groups excluding carboxylic acids is 1. The van der Waals surface area contributed by atoms with E-state index in [1.807, 2.05) is 12.1 Å². The first-order valence-electron chi connectivity index (χ1n) is 9.99. The minimum absolute atomic E-state index is 0.194. The van der Waals surface area contributed by atoms with Crippen molar-refractivity contribution in [3.63, 3.8) is 0 Å². The van der Waals surface area contributed by atoms with Crippen molar-refractivity contribution < 1.29 is 22.7 Å². The van der Waals surface area contributed by atoms with Gasteiger partial charge in [0.25, 0.3) is 5.91 Å². The highest BCUT2D eigenvalue weighted by Crippen LogP contribution is 2.40. The van der Waals surface area contributed by atoms with Crippen LogP contribution in [0.2, 0.25) is 0 Å². The maximum atomic E-state index is 13.1. The first kappa shape index (κ1) is 19.1. The molecule has 3 aliphatic heterocycles. The molecule has 0 aliphatic carbocycles. The summed E-state index contributed by atoms with van der Waals surface area (Å²) in [5, 5.41) is 0. The first-order chi connectivity index (χ1) is 14.4. The maximum absolute atomic E-state index is 13.1. The fourth-order valence-electron chi connectivity index (χ4n) is 4.20. The number of carbonyl (C=O) groups is 1. The number of sulfonamides is 1. The van der Waals surface area contributed by atoms with Crippen LogP contribution in [0.25, 0.3) is 5.70 Å². The van der Waals surface area contributed by atoms with Crippen LogP contribution in [0.5, 0.6) is 11.5 Å². The minimum atomic E-state index is -3.50. The van der Waals surface area contributed by atoms with E-state index >= 15 is 0 Å². The zero-order chi connectivity index (χ0) is 20.9. The lowest BCUT2D eigenvalue weighted by Gasteiger charge is -2.31. The van der Waals surface area contributed by atoms with E-state index in [0.29, 0.717) is 43.1 Å². The Balaban J connectivity index is 1.38. The van der Waals surface area contributed by atoms with Crippen molar-refractivity contribution in [3.05, 3.63) is 59.7 Å². The van der Waals surface area contributed by atoms with Gasteiger partial charge in [-0.25, -0.2) is 8.42 Å². The molecule has 3 aliphatic rings. The van der Waals surface area contributed by atoms with E-state index in [1.54, 1.807) is 17.0 Å². The highest BCUT2D eigenvalue weighted by molar-refractivity contribution is 7.89. The molecule has 30 heavy (non-hydrogen) atoms. The van der Waals surface area contributed by atoms with Crippen molar-refractivity contribution in [2.75, 3.05) is 26.4 Å².